The SMILES string of the molecule is CCC1(C)C(N)C2CCCCCC21. The van der Waals surface area contributed by atoms with Gasteiger partial charge in [-0.15, -0.1) is 0 Å². The molecule has 0 aromatic rings. The summed E-state index contributed by atoms with van der Waals surface area (Å²) in [7, 11) is 0. The Balaban J connectivity index is 2.10. The average molecular weight is 181 g/mol. The van der Waals surface area contributed by atoms with Crippen molar-refractivity contribution in [3.63, 3.8) is 0 Å². The summed E-state index contributed by atoms with van der Waals surface area (Å²) >= 11 is 0. The molecule has 0 radical (unpaired) electrons. The van der Waals surface area contributed by atoms with E-state index in [4.69, 9.17) is 5.73 Å². The van der Waals surface area contributed by atoms with Crippen molar-refractivity contribution in [3.05, 3.63) is 0 Å². The molecule has 2 rings (SSSR count). The van der Waals surface area contributed by atoms with E-state index in [-0.39, 0.29) is 0 Å². The molecule has 4 unspecified atom stereocenters. The van der Waals surface area contributed by atoms with Gasteiger partial charge in [0.1, 0.15) is 0 Å². The van der Waals surface area contributed by atoms with Crippen molar-refractivity contribution in [3.8, 4) is 0 Å². The van der Waals surface area contributed by atoms with Gasteiger partial charge in [-0.1, -0.05) is 33.1 Å². The standard InChI is InChI=1S/C12H23N/c1-3-12(2)10-8-6-4-5-7-9(10)11(12)13/h9-11H,3-8,13H2,1-2H3. The van der Waals surface area contributed by atoms with Gasteiger partial charge < -0.3 is 5.73 Å². The minimum absolute atomic E-state index is 0.481. The fraction of sp³-hybridized carbons (Fsp3) is 1.00. The molecule has 76 valence electrons. The van der Waals surface area contributed by atoms with Gasteiger partial charge in [0.25, 0.3) is 0 Å². The Morgan fingerprint density at radius 3 is 2.62 bits per heavy atom. The highest BCUT2D eigenvalue weighted by Crippen LogP contribution is 2.57. The number of nitrogens with two attached hydrogens (primary N) is 1. The Morgan fingerprint density at radius 2 is 1.92 bits per heavy atom. The monoisotopic (exact) mass is 181 g/mol. The zero-order valence-electron chi connectivity index (χ0n) is 9.05. The maximum absolute atomic E-state index is 6.29. The summed E-state index contributed by atoms with van der Waals surface area (Å²) in [4.78, 5) is 0. The van der Waals surface area contributed by atoms with E-state index in [9.17, 15) is 0 Å². The molecular formula is C12H23N. The molecule has 0 amide bonds. The number of fused-ring (bicyclic) bond motifs is 1. The predicted octanol–water partition coefficient (Wildman–Crippen LogP) is 2.94. The number of hydrogen-bond acceptors (Lipinski definition) is 1. The summed E-state index contributed by atoms with van der Waals surface area (Å²) < 4.78 is 0. The topological polar surface area (TPSA) is 26.0 Å². The van der Waals surface area contributed by atoms with Crippen LogP contribution in [0.1, 0.15) is 52.4 Å². The van der Waals surface area contributed by atoms with Gasteiger partial charge in [0.05, 0.1) is 0 Å². The fourth-order valence-electron chi connectivity index (χ4n) is 3.70. The Bertz CT molecular complexity index is 190. The Kier molecular flexibility index (Phi) is 2.39. The minimum atomic E-state index is 0.481. The minimum Gasteiger partial charge on any atom is -0.327 e. The zero-order valence-corrected chi connectivity index (χ0v) is 9.05. The molecule has 0 aromatic heterocycles. The van der Waals surface area contributed by atoms with E-state index in [0.29, 0.717) is 11.5 Å². The summed E-state index contributed by atoms with van der Waals surface area (Å²) in [6.45, 7) is 4.71. The van der Waals surface area contributed by atoms with E-state index in [0.717, 1.165) is 11.8 Å². The second kappa shape index (κ2) is 3.27. The first-order valence-corrected chi connectivity index (χ1v) is 5.95. The Hall–Kier alpha value is -0.0400. The first-order chi connectivity index (χ1) is 6.20. The van der Waals surface area contributed by atoms with E-state index < -0.39 is 0 Å². The van der Waals surface area contributed by atoms with Crippen molar-refractivity contribution in [2.45, 2.75) is 58.4 Å². The molecule has 0 heterocycles. The molecule has 4 atom stereocenters. The van der Waals surface area contributed by atoms with Crippen LogP contribution in [-0.2, 0) is 0 Å². The van der Waals surface area contributed by atoms with Gasteiger partial charge >= 0.3 is 0 Å². The molecule has 0 aromatic carbocycles. The van der Waals surface area contributed by atoms with Crippen LogP contribution in [0.4, 0.5) is 0 Å². The first kappa shape index (κ1) is 9.51. The number of hydrogen-bond donors (Lipinski definition) is 1. The summed E-state index contributed by atoms with van der Waals surface area (Å²) in [5.74, 6) is 1.82. The molecule has 1 heteroatoms. The van der Waals surface area contributed by atoms with Gasteiger partial charge in [-0.3, -0.25) is 0 Å². The van der Waals surface area contributed by atoms with Crippen molar-refractivity contribution < 1.29 is 0 Å². The van der Waals surface area contributed by atoms with Crippen LogP contribution in [0.25, 0.3) is 0 Å². The van der Waals surface area contributed by atoms with Crippen LogP contribution in [-0.4, -0.2) is 6.04 Å². The summed E-state index contributed by atoms with van der Waals surface area (Å²) in [5, 5.41) is 0. The molecule has 2 aliphatic carbocycles. The molecule has 0 bridgehead atoms. The van der Waals surface area contributed by atoms with Crippen LogP contribution in [0.15, 0.2) is 0 Å². The highest BCUT2D eigenvalue weighted by atomic mass is 14.8. The number of rotatable bonds is 1. The maximum Gasteiger partial charge on any atom is 0.0127 e. The van der Waals surface area contributed by atoms with Crippen molar-refractivity contribution in [2.24, 2.45) is 23.0 Å². The van der Waals surface area contributed by atoms with Crippen molar-refractivity contribution in [1.82, 2.24) is 0 Å². The Morgan fingerprint density at radius 1 is 1.23 bits per heavy atom. The van der Waals surface area contributed by atoms with E-state index in [1.165, 1.54) is 38.5 Å². The quantitative estimate of drug-likeness (QED) is 0.661. The van der Waals surface area contributed by atoms with Crippen LogP contribution in [0, 0.1) is 17.3 Å². The Labute approximate surface area is 82.1 Å². The third-order valence-electron chi connectivity index (χ3n) is 4.90. The molecule has 0 spiro atoms. The molecule has 2 fully saturated rings. The fourth-order valence-corrected chi connectivity index (χ4v) is 3.70. The van der Waals surface area contributed by atoms with E-state index in [2.05, 4.69) is 13.8 Å². The van der Waals surface area contributed by atoms with Gasteiger partial charge in [0.2, 0.25) is 0 Å². The summed E-state index contributed by atoms with van der Waals surface area (Å²) in [5.41, 5.74) is 6.77. The van der Waals surface area contributed by atoms with E-state index >= 15 is 0 Å². The smallest absolute Gasteiger partial charge is 0.0127 e. The molecule has 0 saturated heterocycles. The third kappa shape index (κ3) is 1.24. The lowest BCUT2D eigenvalue weighted by Crippen LogP contribution is -2.63. The van der Waals surface area contributed by atoms with Gasteiger partial charge in [-0.25, -0.2) is 0 Å². The molecular weight excluding hydrogens is 158 g/mol. The average Bonchev–Trinajstić information content (AvgIpc) is 2.39. The normalized spacial score (nSPS) is 50.5. The van der Waals surface area contributed by atoms with Crippen molar-refractivity contribution in [2.75, 3.05) is 0 Å². The zero-order chi connectivity index (χ0) is 9.47. The van der Waals surface area contributed by atoms with Crippen LogP contribution < -0.4 is 5.73 Å². The van der Waals surface area contributed by atoms with E-state index in [1.807, 2.05) is 0 Å². The van der Waals surface area contributed by atoms with E-state index in [1.54, 1.807) is 0 Å². The van der Waals surface area contributed by atoms with Crippen molar-refractivity contribution in [1.29, 1.82) is 0 Å². The van der Waals surface area contributed by atoms with Crippen LogP contribution >= 0.6 is 0 Å². The van der Waals surface area contributed by atoms with Crippen LogP contribution in [0.2, 0.25) is 0 Å². The molecule has 1 nitrogen and oxygen atoms in total. The van der Waals surface area contributed by atoms with Gasteiger partial charge in [0, 0.05) is 6.04 Å². The third-order valence-corrected chi connectivity index (χ3v) is 4.90. The molecule has 2 saturated carbocycles. The molecule has 0 aliphatic heterocycles. The highest BCUT2D eigenvalue weighted by Gasteiger charge is 2.55. The van der Waals surface area contributed by atoms with Crippen LogP contribution in [0.5, 0.6) is 0 Å². The predicted molar refractivity (Wildman–Crippen MR) is 56.4 cm³/mol. The lowest BCUT2D eigenvalue weighted by molar-refractivity contribution is -0.0645. The second-order valence-electron chi connectivity index (χ2n) is 5.29. The largest absolute Gasteiger partial charge is 0.327 e. The van der Waals surface area contributed by atoms with Crippen LogP contribution in [0.3, 0.4) is 0 Å². The highest BCUT2D eigenvalue weighted by molar-refractivity contribution is 5.07. The van der Waals surface area contributed by atoms with Crippen molar-refractivity contribution >= 4 is 0 Å². The molecule has 2 aliphatic rings. The summed E-state index contributed by atoms with van der Waals surface area (Å²) in [6, 6.07) is 0.501. The van der Waals surface area contributed by atoms with Gasteiger partial charge in [-0.2, -0.15) is 0 Å². The first-order valence-electron chi connectivity index (χ1n) is 5.95. The lowest BCUT2D eigenvalue weighted by atomic mass is 9.49. The van der Waals surface area contributed by atoms with Gasteiger partial charge in [-0.05, 0) is 36.5 Å². The van der Waals surface area contributed by atoms with Gasteiger partial charge in [0.15, 0.2) is 0 Å². The second-order valence-corrected chi connectivity index (χ2v) is 5.29. The lowest BCUT2D eigenvalue weighted by Gasteiger charge is -2.59. The maximum atomic E-state index is 6.29. The summed E-state index contributed by atoms with van der Waals surface area (Å²) in [6.07, 6.45) is 8.44. The molecule has 2 N–H and O–H groups in total. The molecule has 13 heavy (non-hydrogen) atoms.